The van der Waals surface area contributed by atoms with Gasteiger partial charge in [0.1, 0.15) is 17.2 Å². The van der Waals surface area contributed by atoms with Crippen molar-refractivity contribution >= 4 is 32.7 Å². The summed E-state index contributed by atoms with van der Waals surface area (Å²) in [5.41, 5.74) is 2.24. The number of aromatic carboxylic acids is 1. The molecule has 12 heteroatoms. The molecule has 0 radical (unpaired) electrons. The average Bonchev–Trinajstić information content (AvgIpc) is 3.25. The van der Waals surface area contributed by atoms with E-state index in [0.717, 1.165) is 47.6 Å². The maximum atomic E-state index is 13.1. The van der Waals surface area contributed by atoms with E-state index in [9.17, 15) is 23.1 Å². The number of thiazole rings is 1. The molecule has 0 amide bonds. The molecular formula is C28H24F3N3O5S. The van der Waals surface area contributed by atoms with Crippen LogP contribution >= 0.6 is 11.3 Å². The minimum Gasteiger partial charge on any atom is -0.478 e. The molecule has 2 aromatic carbocycles. The van der Waals surface area contributed by atoms with Crippen molar-refractivity contribution in [3.63, 3.8) is 0 Å². The Labute approximate surface area is 230 Å². The van der Waals surface area contributed by atoms with Gasteiger partial charge in [-0.15, -0.1) is 13.2 Å². The monoisotopic (exact) mass is 571 g/mol. The molecule has 3 fully saturated rings. The number of halogens is 3. The number of ether oxygens (including phenoxy) is 2. The molecule has 1 aliphatic heterocycles. The number of carbonyl (C=O) groups is 1. The molecule has 7 rings (SSSR count). The second-order valence-corrected chi connectivity index (χ2v) is 11.6. The molecule has 1 saturated heterocycles. The fourth-order valence-corrected chi connectivity index (χ4v) is 7.00. The highest BCUT2D eigenvalue weighted by atomic mass is 32.1. The third-order valence-electron chi connectivity index (χ3n) is 7.92. The third kappa shape index (κ3) is 4.68. The number of carboxylic acids is 1. The predicted octanol–water partition coefficient (Wildman–Crippen LogP) is 6.61. The molecular weight excluding hydrogens is 547 g/mol. The Morgan fingerprint density at radius 1 is 1.18 bits per heavy atom. The molecule has 4 aromatic rings. The van der Waals surface area contributed by atoms with Crippen molar-refractivity contribution < 1.29 is 37.1 Å². The number of carboxylic acid groups (broad SMARTS) is 1. The van der Waals surface area contributed by atoms with Gasteiger partial charge in [-0.05, 0) is 56.0 Å². The number of anilines is 1. The van der Waals surface area contributed by atoms with E-state index in [0.29, 0.717) is 17.0 Å². The summed E-state index contributed by atoms with van der Waals surface area (Å²) in [7, 11) is 0. The van der Waals surface area contributed by atoms with E-state index < -0.39 is 12.3 Å². The van der Waals surface area contributed by atoms with Gasteiger partial charge >= 0.3 is 12.3 Å². The molecule has 3 heterocycles. The molecule has 0 spiro atoms. The van der Waals surface area contributed by atoms with Crippen LogP contribution in [0.3, 0.4) is 0 Å². The van der Waals surface area contributed by atoms with Crippen LogP contribution in [0.1, 0.15) is 53.3 Å². The first-order valence-corrected chi connectivity index (χ1v) is 13.9. The SMILES string of the molecule is O=C(O)c1ccc2nc(N3C[C@@H]4C[C@H]3C[C@H]4OCc3c(-c4ccccc4OC(F)(F)F)noc3C3CC3)sc2c1. The Kier molecular flexibility index (Phi) is 6.00. The summed E-state index contributed by atoms with van der Waals surface area (Å²) < 4.78 is 56.4. The maximum Gasteiger partial charge on any atom is 0.573 e. The van der Waals surface area contributed by atoms with Crippen LogP contribution in [0, 0.1) is 5.92 Å². The van der Waals surface area contributed by atoms with Gasteiger partial charge in [0.05, 0.1) is 28.5 Å². The molecule has 8 nitrogen and oxygen atoms in total. The van der Waals surface area contributed by atoms with Gasteiger partial charge in [0, 0.05) is 35.5 Å². The first-order valence-electron chi connectivity index (χ1n) is 13.1. The summed E-state index contributed by atoms with van der Waals surface area (Å²) in [6.07, 6.45) is -1.19. The van der Waals surface area contributed by atoms with E-state index in [2.05, 4.69) is 14.8 Å². The summed E-state index contributed by atoms with van der Waals surface area (Å²) in [6.45, 7) is 0.965. The highest BCUT2D eigenvalue weighted by Gasteiger charge is 2.46. The zero-order valence-corrected chi connectivity index (χ0v) is 21.9. The van der Waals surface area contributed by atoms with Crippen molar-refractivity contribution in [2.75, 3.05) is 11.4 Å². The number of aromatic nitrogens is 2. The van der Waals surface area contributed by atoms with Gasteiger partial charge in [0.2, 0.25) is 0 Å². The second kappa shape index (κ2) is 9.48. The summed E-state index contributed by atoms with van der Waals surface area (Å²) in [4.78, 5) is 18.3. The van der Waals surface area contributed by atoms with Crippen LogP contribution in [0.2, 0.25) is 0 Å². The molecule has 1 N–H and O–H groups in total. The largest absolute Gasteiger partial charge is 0.573 e. The molecule has 40 heavy (non-hydrogen) atoms. The summed E-state index contributed by atoms with van der Waals surface area (Å²) >= 11 is 1.49. The van der Waals surface area contributed by atoms with Gasteiger partial charge in [-0.1, -0.05) is 28.6 Å². The van der Waals surface area contributed by atoms with E-state index >= 15 is 0 Å². The number of rotatable bonds is 8. The van der Waals surface area contributed by atoms with E-state index in [1.165, 1.54) is 23.5 Å². The summed E-state index contributed by atoms with van der Waals surface area (Å²) in [5.74, 6) is -0.133. The predicted molar refractivity (Wildman–Crippen MR) is 140 cm³/mol. The Bertz CT molecular complexity index is 1600. The van der Waals surface area contributed by atoms with E-state index in [1.807, 2.05) is 0 Å². The van der Waals surface area contributed by atoms with Crippen molar-refractivity contribution in [3.05, 3.63) is 59.4 Å². The van der Waals surface area contributed by atoms with Crippen molar-refractivity contribution in [2.24, 2.45) is 5.92 Å². The highest BCUT2D eigenvalue weighted by molar-refractivity contribution is 7.22. The van der Waals surface area contributed by atoms with Gasteiger partial charge in [-0.2, -0.15) is 0 Å². The standard InChI is InChI=1S/C28H24F3N3O5S/c29-28(30,31)38-21-4-2-1-3-18(21)24-19(25(39-33-24)14-5-6-14)13-37-22-11-17-9-16(22)12-34(17)27-32-20-8-7-15(26(35)36)10-23(20)40-27/h1-4,7-8,10,14,16-17,22H,5-6,9,11-13H2,(H,35,36)/t16-,17-,22+/m0/s1. The van der Waals surface area contributed by atoms with Crippen molar-refractivity contribution in [2.45, 2.75) is 56.7 Å². The van der Waals surface area contributed by atoms with E-state index in [-0.39, 0.29) is 47.5 Å². The molecule has 2 saturated carbocycles. The number of hydrogen-bond acceptors (Lipinski definition) is 8. The van der Waals surface area contributed by atoms with Crippen molar-refractivity contribution in [1.82, 2.24) is 10.1 Å². The Balaban J connectivity index is 1.08. The van der Waals surface area contributed by atoms with Crippen molar-refractivity contribution in [1.29, 1.82) is 0 Å². The summed E-state index contributed by atoms with van der Waals surface area (Å²) in [5, 5.41) is 14.3. The summed E-state index contributed by atoms with van der Waals surface area (Å²) in [6, 6.07) is 11.2. The quantitative estimate of drug-likeness (QED) is 0.252. The van der Waals surface area contributed by atoms with Crippen LogP contribution in [0.25, 0.3) is 21.5 Å². The molecule has 2 aromatic heterocycles. The number of benzene rings is 2. The van der Waals surface area contributed by atoms with Gasteiger partial charge in [0.25, 0.3) is 0 Å². The minimum atomic E-state index is -4.83. The topological polar surface area (TPSA) is 97.9 Å². The van der Waals surface area contributed by atoms with Gasteiger partial charge in [-0.3, -0.25) is 0 Å². The number of hydrogen-bond donors (Lipinski definition) is 1. The fraction of sp³-hybridized carbons (Fsp3) is 0.393. The highest BCUT2D eigenvalue weighted by Crippen LogP contribution is 2.47. The molecule has 3 aliphatic rings. The molecule has 2 aliphatic carbocycles. The molecule has 208 valence electrons. The number of piperidine rings is 1. The second-order valence-electron chi connectivity index (χ2n) is 10.6. The number of alkyl halides is 3. The zero-order valence-electron chi connectivity index (χ0n) is 21.1. The van der Waals surface area contributed by atoms with Gasteiger partial charge < -0.3 is 24.0 Å². The van der Waals surface area contributed by atoms with Crippen LogP contribution in [0.4, 0.5) is 18.3 Å². The van der Waals surface area contributed by atoms with Gasteiger partial charge in [0.15, 0.2) is 5.13 Å². The average molecular weight is 572 g/mol. The molecule has 3 atom stereocenters. The van der Waals surface area contributed by atoms with Crippen molar-refractivity contribution in [3.8, 4) is 17.0 Å². The lowest BCUT2D eigenvalue weighted by Gasteiger charge is -2.31. The number of para-hydroxylation sites is 1. The lowest BCUT2D eigenvalue weighted by Crippen LogP contribution is -2.38. The Morgan fingerprint density at radius 3 is 2.73 bits per heavy atom. The van der Waals surface area contributed by atoms with Gasteiger partial charge in [-0.25, -0.2) is 9.78 Å². The Morgan fingerprint density at radius 2 is 2.00 bits per heavy atom. The van der Waals surface area contributed by atoms with E-state index in [4.69, 9.17) is 14.2 Å². The van der Waals surface area contributed by atoms with E-state index in [1.54, 1.807) is 30.3 Å². The molecule has 2 bridgehead atoms. The van der Waals surface area contributed by atoms with Crippen LogP contribution in [-0.4, -0.2) is 46.3 Å². The lowest BCUT2D eigenvalue weighted by molar-refractivity contribution is -0.274. The first-order chi connectivity index (χ1) is 19.2. The first kappa shape index (κ1) is 25.3. The number of nitrogens with zero attached hydrogens (tertiary/aromatic N) is 3. The van der Waals surface area contributed by atoms with Crippen LogP contribution in [-0.2, 0) is 11.3 Å². The third-order valence-corrected chi connectivity index (χ3v) is 8.98. The Hall–Kier alpha value is -3.64. The minimum absolute atomic E-state index is 0.00860. The lowest BCUT2D eigenvalue weighted by atomic mass is 10.0. The molecule has 0 unspecified atom stereocenters. The zero-order chi connectivity index (χ0) is 27.6. The van der Waals surface area contributed by atoms with Crippen LogP contribution in [0.15, 0.2) is 47.0 Å². The normalized spacial score (nSPS) is 22.4. The number of fused-ring (bicyclic) bond motifs is 3. The van der Waals surface area contributed by atoms with Crippen LogP contribution in [0.5, 0.6) is 5.75 Å². The van der Waals surface area contributed by atoms with Crippen LogP contribution < -0.4 is 9.64 Å². The fourth-order valence-electron chi connectivity index (χ4n) is 5.92. The maximum absolute atomic E-state index is 13.1. The smallest absolute Gasteiger partial charge is 0.478 e.